The van der Waals surface area contributed by atoms with Gasteiger partial charge in [0.15, 0.2) is 0 Å². The van der Waals surface area contributed by atoms with Crippen molar-refractivity contribution in [2.75, 3.05) is 30.3 Å². The number of aromatic nitrogens is 2. The minimum absolute atomic E-state index is 0.174. The summed E-state index contributed by atoms with van der Waals surface area (Å²) < 4.78 is 5.04. The SMILES string of the molecule is CCOC(=O)N1CCC(Nc2cc(C(=O)Nc3ccccc3C)ncn2)CC1. The van der Waals surface area contributed by atoms with Crippen molar-refractivity contribution in [1.29, 1.82) is 0 Å². The van der Waals surface area contributed by atoms with Crippen molar-refractivity contribution in [3.63, 3.8) is 0 Å². The first-order chi connectivity index (χ1) is 13.6. The quantitative estimate of drug-likeness (QED) is 0.824. The number of ether oxygens (including phenoxy) is 1. The molecule has 1 aromatic heterocycles. The minimum atomic E-state index is -0.281. The maximum Gasteiger partial charge on any atom is 0.409 e. The van der Waals surface area contributed by atoms with Gasteiger partial charge in [-0.2, -0.15) is 0 Å². The summed E-state index contributed by atoms with van der Waals surface area (Å²) in [5, 5.41) is 6.21. The normalized spacial score (nSPS) is 14.4. The largest absolute Gasteiger partial charge is 0.450 e. The van der Waals surface area contributed by atoms with Crippen LogP contribution in [-0.2, 0) is 4.74 Å². The van der Waals surface area contributed by atoms with Gasteiger partial charge in [-0.3, -0.25) is 4.79 Å². The molecule has 2 heterocycles. The Morgan fingerprint density at radius 3 is 2.68 bits per heavy atom. The molecule has 0 aliphatic carbocycles. The van der Waals surface area contributed by atoms with Crippen LogP contribution in [0.4, 0.5) is 16.3 Å². The number of nitrogens with one attached hydrogen (secondary N) is 2. The lowest BCUT2D eigenvalue weighted by molar-refractivity contribution is 0.0980. The zero-order valence-corrected chi connectivity index (χ0v) is 16.1. The van der Waals surface area contributed by atoms with E-state index in [1.54, 1.807) is 17.9 Å². The third-order valence-corrected chi connectivity index (χ3v) is 4.67. The lowest BCUT2D eigenvalue weighted by atomic mass is 10.1. The average Bonchev–Trinajstić information content (AvgIpc) is 2.70. The summed E-state index contributed by atoms with van der Waals surface area (Å²) in [5.74, 6) is 0.316. The Kier molecular flexibility index (Phi) is 6.41. The zero-order valence-electron chi connectivity index (χ0n) is 16.1. The summed E-state index contributed by atoms with van der Waals surface area (Å²) in [6.45, 7) is 5.37. The van der Waals surface area contributed by atoms with E-state index in [0.29, 0.717) is 31.2 Å². The van der Waals surface area contributed by atoms with Gasteiger partial charge in [-0.05, 0) is 38.3 Å². The molecule has 0 bridgehead atoms. The van der Waals surface area contributed by atoms with Crippen molar-refractivity contribution in [2.24, 2.45) is 0 Å². The molecule has 1 aromatic carbocycles. The second-order valence-electron chi connectivity index (χ2n) is 6.66. The van der Waals surface area contributed by atoms with E-state index in [-0.39, 0.29) is 18.0 Å². The van der Waals surface area contributed by atoms with Crippen LogP contribution in [0.2, 0.25) is 0 Å². The van der Waals surface area contributed by atoms with Crippen molar-refractivity contribution >= 4 is 23.5 Å². The van der Waals surface area contributed by atoms with Gasteiger partial charge in [-0.25, -0.2) is 14.8 Å². The third-order valence-electron chi connectivity index (χ3n) is 4.67. The van der Waals surface area contributed by atoms with Gasteiger partial charge in [0.2, 0.25) is 0 Å². The molecule has 148 valence electrons. The predicted octanol–water partition coefficient (Wildman–Crippen LogP) is 3.07. The van der Waals surface area contributed by atoms with Crippen LogP contribution in [0.15, 0.2) is 36.7 Å². The van der Waals surface area contributed by atoms with E-state index in [0.717, 1.165) is 24.1 Å². The summed E-state index contributed by atoms with van der Waals surface area (Å²) in [7, 11) is 0. The summed E-state index contributed by atoms with van der Waals surface area (Å²) >= 11 is 0. The Morgan fingerprint density at radius 1 is 1.21 bits per heavy atom. The number of hydrogen-bond donors (Lipinski definition) is 2. The van der Waals surface area contributed by atoms with Crippen LogP contribution in [0.3, 0.4) is 0 Å². The highest BCUT2D eigenvalue weighted by Gasteiger charge is 2.24. The average molecular weight is 383 g/mol. The van der Waals surface area contributed by atoms with E-state index in [1.165, 1.54) is 6.33 Å². The number of piperidine rings is 1. The summed E-state index contributed by atoms with van der Waals surface area (Å²) in [4.78, 5) is 34.3. The number of para-hydroxylation sites is 1. The van der Waals surface area contributed by atoms with Crippen LogP contribution in [0.5, 0.6) is 0 Å². The van der Waals surface area contributed by atoms with Gasteiger partial charge in [0.1, 0.15) is 17.8 Å². The van der Waals surface area contributed by atoms with Gasteiger partial charge >= 0.3 is 6.09 Å². The van der Waals surface area contributed by atoms with Crippen molar-refractivity contribution in [2.45, 2.75) is 32.7 Å². The second kappa shape index (κ2) is 9.16. The summed E-state index contributed by atoms with van der Waals surface area (Å²) in [6, 6.07) is 9.40. The zero-order chi connectivity index (χ0) is 19.9. The maximum absolute atomic E-state index is 12.5. The molecule has 0 unspecified atom stereocenters. The summed E-state index contributed by atoms with van der Waals surface area (Å²) in [5.41, 5.74) is 2.04. The Hall–Kier alpha value is -3.16. The topological polar surface area (TPSA) is 96.5 Å². The van der Waals surface area contributed by atoms with Crippen LogP contribution in [0, 0.1) is 6.92 Å². The highest BCUT2D eigenvalue weighted by atomic mass is 16.6. The number of nitrogens with zero attached hydrogens (tertiary/aromatic N) is 3. The fourth-order valence-electron chi connectivity index (χ4n) is 3.09. The first-order valence-electron chi connectivity index (χ1n) is 9.44. The van der Waals surface area contributed by atoms with Gasteiger partial charge in [0, 0.05) is 30.9 Å². The Balaban J connectivity index is 1.57. The maximum atomic E-state index is 12.5. The lowest BCUT2D eigenvalue weighted by Gasteiger charge is -2.31. The molecule has 8 nitrogen and oxygen atoms in total. The van der Waals surface area contributed by atoms with Crippen molar-refractivity contribution in [1.82, 2.24) is 14.9 Å². The second-order valence-corrected chi connectivity index (χ2v) is 6.66. The Bertz CT molecular complexity index is 834. The monoisotopic (exact) mass is 383 g/mol. The number of hydrogen-bond acceptors (Lipinski definition) is 6. The molecule has 1 fully saturated rings. The number of carbonyl (C=O) groups excluding carboxylic acids is 2. The third kappa shape index (κ3) is 4.97. The van der Waals surface area contributed by atoms with Crippen LogP contribution in [0.1, 0.15) is 35.8 Å². The molecule has 1 aliphatic rings. The molecule has 0 atom stereocenters. The number of likely N-dealkylation sites (tertiary alicyclic amines) is 1. The van der Waals surface area contributed by atoms with Crippen LogP contribution in [0.25, 0.3) is 0 Å². The van der Waals surface area contributed by atoms with Crippen molar-refractivity contribution in [3.05, 3.63) is 47.9 Å². The Morgan fingerprint density at radius 2 is 1.96 bits per heavy atom. The van der Waals surface area contributed by atoms with Gasteiger partial charge in [-0.1, -0.05) is 18.2 Å². The molecule has 8 heteroatoms. The number of aryl methyl sites for hydroxylation is 1. The fraction of sp³-hybridized carbons (Fsp3) is 0.400. The van der Waals surface area contributed by atoms with Gasteiger partial charge in [-0.15, -0.1) is 0 Å². The first-order valence-corrected chi connectivity index (χ1v) is 9.44. The van der Waals surface area contributed by atoms with E-state index in [1.807, 2.05) is 31.2 Å². The predicted molar refractivity (Wildman–Crippen MR) is 106 cm³/mol. The minimum Gasteiger partial charge on any atom is -0.450 e. The molecular formula is C20H25N5O3. The molecule has 1 saturated heterocycles. The Labute approximate surface area is 164 Å². The molecule has 3 rings (SSSR count). The smallest absolute Gasteiger partial charge is 0.409 e. The molecule has 0 spiro atoms. The van der Waals surface area contributed by atoms with E-state index in [2.05, 4.69) is 20.6 Å². The van der Waals surface area contributed by atoms with E-state index >= 15 is 0 Å². The van der Waals surface area contributed by atoms with E-state index in [4.69, 9.17) is 4.74 Å². The molecule has 2 amide bonds. The number of anilines is 2. The first kappa shape index (κ1) is 19.6. The van der Waals surface area contributed by atoms with Crippen LogP contribution < -0.4 is 10.6 Å². The van der Waals surface area contributed by atoms with E-state index in [9.17, 15) is 9.59 Å². The molecular weight excluding hydrogens is 358 g/mol. The molecule has 1 aliphatic heterocycles. The van der Waals surface area contributed by atoms with Gasteiger partial charge in [0.25, 0.3) is 5.91 Å². The standard InChI is InChI=1S/C20H25N5O3/c1-3-28-20(27)25-10-8-15(9-11-25)23-18-12-17(21-13-22-18)19(26)24-16-7-5-4-6-14(16)2/h4-7,12-13,15H,3,8-11H2,1-2H3,(H,24,26)(H,21,22,23). The summed E-state index contributed by atoms with van der Waals surface area (Å²) in [6.07, 6.45) is 2.68. The number of benzene rings is 1. The molecule has 0 saturated carbocycles. The lowest BCUT2D eigenvalue weighted by Crippen LogP contribution is -2.42. The molecule has 2 aromatic rings. The van der Waals surface area contributed by atoms with E-state index < -0.39 is 0 Å². The highest BCUT2D eigenvalue weighted by Crippen LogP contribution is 2.18. The number of carbonyl (C=O) groups is 2. The molecule has 28 heavy (non-hydrogen) atoms. The van der Waals surface area contributed by atoms with Gasteiger partial charge in [0.05, 0.1) is 6.61 Å². The highest BCUT2D eigenvalue weighted by molar-refractivity contribution is 6.03. The van der Waals surface area contributed by atoms with Crippen LogP contribution in [-0.4, -0.2) is 52.6 Å². The van der Waals surface area contributed by atoms with Crippen LogP contribution >= 0.6 is 0 Å². The number of amides is 2. The molecule has 2 N–H and O–H groups in total. The number of rotatable bonds is 5. The van der Waals surface area contributed by atoms with Crippen molar-refractivity contribution < 1.29 is 14.3 Å². The van der Waals surface area contributed by atoms with Gasteiger partial charge < -0.3 is 20.3 Å². The van der Waals surface area contributed by atoms with Crippen molar-refractivity contribution in [3.8, 4) is 0 Å². The molecule has 0 radical (unpaired) electrons. The fourth-order valence-corrected chi connectivity index (χ4v) is 3.09.